The number of nitrogens with zero attached hydrogens (tertiary/aromatic N) is 4. The summed E-state index contributed by atoms with van der Waals surface area (Å²) < 4.78 is 18.8. The Balaban J connectivity index is 1.35. The zero-order valence-electron chi connectivity index (χ0n) is 21.5. The number of benzene rings is 2. The van der Waals surface area contributed by atoms with Gasteiger partial charge in [0.1, 0.15) is 30.9 Å². The third-order valence-electron chi connectivity index (χ3n) is 7.05. The van der Waals surface area contributed by atoms with Crippen LogP contribution < -0.4 is 25.6 Å². The fourth-order valence-electron chi connectivity index (χ4n) is 5.12. The molecule has 1 fully saturated rings. The fourth-order valence-corrected chi connectivity index (χ4v) is 6.27. The molecule has 3 heterocycles. The number of ether oxygens (including phenoxy) is 1. The Kier molecular flexibility index (Phi) is 6.91. The van der Waals surface area contributed by atoms with Gasteiger partial charge in [-0.25, -0.2) is 9.97 Å². The summed E-state index contributed by atoms with van der Waals surface area (Å²) in [6.07, 6.45) is 4.78. The largest absolute Gasteiger partial charge is 0.491 e. The van der Waals surface area contributed by atoms with Crippen molar-refractivity contribution in [1.29, 1.82) is 0 Å². The Morgan fingerprint density at radius 1 is 1.00 bits per heavy atom. The molecule has 0 aliphatic carbocycles. The molecule has 1 saturated heterocycles. The van der Waals surface area contributed by atoms with E-state index in [9.17, 15) is 4.57 Å². The number of fused-ring (bicyclic) bond motifs is 1. The van der Waals surface area contributed by atoms with E-state index in [4.69, 9.17) is 4.74 Å². The summed E-state index contributed by atoms with van der Waals surface area (Å²) in [5.74, 6) is 2.21. The molecule has 3 aromatic rings. The molecular weight excluding hydrogens is 471 g/mol. The first-order chi connectivity index (χ1) is 17.3. The van der Waals surface area contributed by atoms with E-state index in [2.05, 4.69) is 56.6 Å². The highest BCUT2D eigenvalue weighted by Crippen LogP contribution is 2.42. The molecule has 1 aromatic heterocycles. The molecule has 0 spiro atoms. The molecule has 2 N–H and O–H groups in total. The highest BCUT2D eigenvalue weighted by atomic mass is 31.2. The predicted molar refractivity (Wildman–Crippen MR) is 149 cm³/mol. The minimum Gasteiger partial charge on any atom is -0.491 e. The highest BCUT2D eigenvalue weighted by Gasteiger charge is 2.27. The van der Waals surface area contributed by atoms with Crippen molar-refractivity contribution in [3.8, 4) is 5.75 Å². The first-order valence-electron chi connectivity index (χ1n) is 12.5. The van der Waals surface area contributed by atoms with Gasteiger partial charge in [-0.2, -0.15) is 0 Å². The number of aromatic nitrogens is 2. The van der Waals surface area contributed by atoms with Crippen molar-refractivity contribution in [2.45, 2.75) is 25.3 Å². The summed E-state index contributed by atoms with van der Waals surface area (Å²) in [7, 11) is 1.91. The third kappa shape index (κ3) is 5.20. The average molecular weight is 507 g/mol. The van der Waals surface area contributed by atoms with Crippen LogP contribution in [0, 0.1) is 0 Å². The maximum Gasteiger partial charge on any atom is 0.148 e. The number of piperidine rings is 1. The SMILES string of the molecule is CN(C)C1CCN(c2ccc(Nc3cc(Nc4ccccc4P(C)(C)=O)ncn3)c3c2CCO3)CC1. The molecule has 0 unspecified atom stereocenters. The zero-order valence-corrected chi connectivity index (χ0v) is 22.4. The summed E-state index contributed by atoms with van der Waals surface area (Å²) in [5, 5.41) is 7.55. The molecular formula is C27H35N6O2P. The maximum atomic E-state index is 12.7. The Labute approximate surface area is 213 Å². The van der Waals surface area contributed by atoms with E-state index in [0.29, 0.717) is 24.3 Å². The van der Waals surface area contributed by atoms with Gasteiger partial charge in [0.05, 0.1) is 18.0 Å². The molecule has 5 rings (SSSR count). The van der Waals surface area contributed by atoms with Crippen molar-refractivity contribution in [3.05, 3.63) is 54.4 Å². The molecule has 0 saturated carbocycles. The van der Waals surface area contributed by atoms with Gasteiger partial charge in [0, 0.05) is 48.2 Å². The summed E-state index contributed by atoms with van der Waals surface area (Å²) in [4.78, 5) is 13.6. The molecule has 2 aliphatic heterocycles. The van der Waals surface area contributed by atoms with Gasteiger partial charge >= 0.3 is 0 Å². The van der Waals surface area contributed by atoms with E-state index in [1.807, 2.05) is 30.3 Å². The van der Waals surface area contributed by atoms with Crippen molar-refractivity contribution >= 4 is 41.1 Å². The van der Waals surface area contributed by atoms with E-state index in [1.165, 1.54) is 30.4 Å². The molecule has 36 heavy (non-hydrogen) atoms. The minimum absolute atomic E-state index is 0.631. The van der Waals surface area contributed by atoms with Crippen LogP contribution in [0.3, 0.4) is 0 Å². The standard InChI is InChI=1S/C27H35N6O2P/c1-32(2)19-11-14-33(15-12-19)23-10-9-22(27-20(23)13-16-35-27)31-26-17-25(28-18-29-26)30-21-7-5-6-8-24(21)36(3,4)34/h5-10,17-19H,11-16H2,1-4H3,(H2,28,29,30,31). The van der Waals surface area contributed by atoms with E-state index in [1.54, 1.807) is 13.3 Å². The van der Waals surface area contributed by atoms with Gasteiger partial charge < -0.3 is 29.7 Å². The second-order valence-electron chi connectivity index (χ2n) is 10.1. The first kappa shape index (κ1) is 24.6. The quantitative estimate of drug-likeness (QED) is 0.447. The van der Waals surface area contributed by atoms with Gasteiger partial charge in [-0.1, -0.05) is 12.1 Å². The van der Waals surface area contributed by atoms with E-state index in [-0.39, 0.29) is 0 Å². The van der Waals surface area contributed by atoms with Crippen molar-refractivity contribution in [2.75, 3.05) is 62.7 Å². The minimum atomic E-state index is -2.44. The Hall–Kier alpha value is -3.09. The molecule has 9 heteroatoms. The van der Waals surface area contributed by atoms with Crippen LogP contribution in [0.2, 0.25) is 0 Å². The second-order valence-corrected chi connectivity index (χ2v) is 13.3. The average Bonchev–Trinajstić information content (AvgIpc) is 3.35. The van der Waals surface area contributed by atoms with Crippen LogP contribution >= 0.6 is 7.14 Å². The van der Waals surface area contributed by atoms with Gasteiger partial charge in [0.15, 0.2) is 0 Å². The Bertz CT molecular complexity index is 1280. The predicted octanol–water partition coefficient (Wildman–Crippen LogP) is 4.68. The summed E-state index contributed by atoms with van der Waals surface area (Å²) in [6, 6.07) is 14.5. The lowest BCUT2D eigenvalue weighted by molar-refractivity contribution is 0.249. The highest BCUT2D eigenvalue weighted by molar-refractivity contribution is 7.70. The smallest absolute Gasteiger partial charge is 0.148 e. The molecule has 0 atom stereocenters. The van der Waals surface area contributed by atoms with Gasteiger partial charge in [0.25, 0.3) is 0 Å². The van der Waals surface area contributed by atoms with E-state index < -0.39 is 7.14 Å². The molecule has 2 aromatic carbocycles. The number of nitrogens with one attached hydrogen (secondary N) is 2. The lowest BCUT2D eigenvalue weighted by Gasteiger charge is -2.37. The summed E-state index contributed by atoms with van der Waals surface area (Å²) in [5.41, 5.74) is 4.26. The van der Waals surface area contributed by atoms with Crippen molar-refractivity contribution in [2.24, 2.45) is 0 Å². The number of rotatable bonds is 7. The van der Waals surface area contributed by atoms with E-state index >= 15 is 0 Å². The first-order valence-corrected chi connectivity index (χ1v) is 15.1. The maximum absolute atomic E-state index is 12.7. The Morgan fingerprint density at radius 3 is 2.39 bits per heavy atom. The molecule has 0 radical (unpaired) electrons. The number of para-hydroxylation sites is 1. The molecule has 0 amide bonds. The summed E-state index contributed by atoms with van der Waals surface area (Å²) >= 11 is 0. The van der Waals surface area contributed by atoms with Gasteiger partial charge in [-0.05, 0) is 64.5 Å². The van der Waals surface area contributed by atoms with Gasteiger partial charge in [-0.3, -0.25) is 0 Å². The third-order valence-corrected chi connectivity index (χ3v) is 8.60. The summed E-state index contributed by atoms with van der Waals surface area (Å²) in [6.45, 7) is 6.36. The normalized spacial score (nSPS) is 16.1. The van der Waals surface area contributed by atoms with Crippen LogP contribution in [-0.4, -0.2) is 68.0 Å². The topological polar surface area (TPSA) is 82.6 Å². The van der Waals surface area contributed by atoms with Gasteiger partial charge in [-0.15, -0.1) is 0 Å². The Morgan fingerprint density at radius 2 is 1.69 bits per heavy atom. The second kappa shape index (κ2) is 10.1. The zero-order chi connectivity index (χ0) is 25.3. The molecule has 2 aliphatic rings. The number of hydrogen-bond acceptors (Lipinski definition) is 8. The van der Waals surface area contributed by atoms with Gasteiger partial charge in [0.2, 0.25) is 0 Å². The molecule has 190 valence electrons. The van der Waals surface area contributed by atoms with Crippen LogP contribution in [-0.2, 0) is 11.0 Å². The van der Waals surface area contributed by atoms with Crippen LogP contribution in [0.1, 0.15) is 18.4 Å². The monoisotopic (exact) mass is 506 g/mol. The van der Waals surface area contributed by atoms with Crippen LogP contribution in [0.4, 0.5) is 28.7 Å². The van der Waals surface area contributed by atoms with Crippen LogP contribution in [0.5, 0.6) is 5.75 Å². The molecule has 8 nitrogen and oxygen atoms in total. The fraction of sp³-hybridized carbons (Fsp3) is 0.407. The van der Waals surface area contributed by atoms with Crippen LogP contribution in [0.25, 0.3) is 0 Å². The van der Waals surface area contributed by atoms with Crippen LogP contribution in [0.15, 0.2) is 48.8 Å². The number of hydrogen-bond donors (Lipinski definition) is 2. The van der Waals surface area contributed by atoms with Crippen molar-refractivity contribution < 1.29 is 9.30 Å². The lowest BCUT2D eigenvalue weighted by atomic mass is 10.0. The molecule has 0 bridgehead atoms. The lowest BCUT2D eigenvalue weighted by Crippen LogP contribution is -2.42. The number of anilines is 5. The van der Waals surface area contributed by atoms with Crippen molar-refractivity contribution in [1.82, 2.24) is 14.9 Å². The van der Waals surface area contributed by atoms with E-state index in [0.717, 1.165) is 41.9 Å². The van der Waals surface area contributed by atoms with Crippen molar-refractivity contribution in [3.63, 3.8) is 0 Å².